The molecule has 222 valence electrons. The quantitative estimate of drug-likeness (QED) is 0.189. The van der Waals surface area contributed by atoms with Crippen LogP contribution in [0.1, 0.15) is 96.5 Å². The molecule has 0 unspecified atom stereocenters. The van der Waals surface area contributed by atoms with E-state index in [1.54, 1.807) is 0 Å². The average Bonchev–Trinajstić information content (AvgIpc) is 3.55. The highest BCUT2D eigenvalue weighted by Gasteiger charge is 2.20. The van der Waals surface area contributed by atoms with Crippen LogP contribution in [0.15, 0.2) is 60.9 Å². The maximum absolute atomic E-state index is 4.43. The molecule has 0 aliphatic heterocycles. The van der Waals surface area contributed by atoms with Crippen LogP contribution in [0.5, 0.6) is 0 Å². The number of hydrogen-bond donors (Lipinski definition) is 0. The molecule has 0 fully saturated rings. The van der Waals surface area contributed by atoms with Crippen molar-refractivity contribution in [1.29, 1.82) is 0 Å². The Kier molecular flexibility index (Phi) is 8.31. The van der Waals surface area contributed by atoms with E-state index in [9.17, 15) is 0 Å². The lowest BCUT2D eigenvalue weighted by atomic mass is 9.87. The Balaban J connectivity index is 0.000000145. The first-order valence-electron chi connectivity index (χ1n) is 14.6. The molecular formula is C34H46N8. The summed E-state index contributed by atoms with van der Waals surface area (Å²) in [4.78, 5) is 8.77. The van der Waals surface area contributed by atoms with E-state index in [1.807, 2.05) is 64.9 Å². The van der Waals surface area contributed by atoms with E-state index in [-0.39, 0.29) is 16.2 Å². The third-order valence-corrected chi connectivity index (χ3v) is 6.94. The van der Waals surface area contributed by atoms with Gasteiger partial charge in [-0.2, -0.15) is 15.3 Å². The summed E-state index contributed by atoms with van der Waals surface area (Å²) in [5.41, 5.74) is 8.35. The van der Waals surface area contributed by atoms with E-state index in [4.69, 9.17) is 0 Å². The smallest absolute Gasteiger partial charge is 0.159 e. The van der Waals surface area contributed by atoms with E-state index < -0.39 is 0 Å². The summed E-state index contributed by atoms with van der Waals surface area (Å²) >= 11 is 0. The van der Waals surface area contributed by atoms with Crippen LogP contribution in [0.2, 0.25) is 0 Å². The second-order valence-corrected chi connectivity index (χ2v) is 14.0. The molecule has 42 heavy (non-hydrogen) atoms. The van der Waals surface area contributed by atoms with Gasteiger partial charge in [-0.1, -0.05) is 80.5 Å². The molecule has 0 radical (unpaired) electrons. The maximum atomic E-state index is 4.43. The van der Waals surface area contributed by atoms with Gasteiger partial charge >= 0.3 is 0 Å². The number of fused-ring (bicyclic) bond motifs is 3. The zero-order chi connectivity index (χ0) is 31.0. The molecule has 0 N–H and O–H groups in total. The van der Waals surface area contributed by atoms with Crippen molar-refractivity contribution in [3.8, 4) is 0 Å². The van der Waals surface area contributed by atoms with Crippen LogP contribution < -0.4 is 0 Å². The minimum absolute atomic E-state index is 0.0969. The van der Waals surface area contributed by atoms with Gasteiger partial charge in [0.15, 0.2) is 11.3 Å². The zero-order valence-corrected chi connectivity index (χ0v) is 27.4. The number of pyridine rings is 3. The van der Waals surface area contributed by atoms with Gasteiger partial charge in [0, 0.05) is 29.1 Å². The highest BCUT2D eigenvalue weighted by molar-refractivity contribution is 5.57. The Morgan fingerprint density at radius 1 is 0.571 bits per heavy atom. The number of hydrogen-bond acceptors (Lipinski definition) is 5. The Bertz CT molecular complexity index is 1600. The van der Waals surface area contributed by atoms with Gasteiger partial charge in [-0.3, -0.25) is 0 Å². The molecule has 0 spiro atoms. The lowest BCUT2D eigenvalue weighted by Crippen LogP contribution is -2.16. The standard InChI is InChI=1S/C12H16N2.2C11H15N3/c1-9-8-11-10(12(2,3)4)6-5-7-14(11)13-9;1-8-12-10-9(11(2,3)4)6-5-7-14(10)13-8;1-8-12-10-7-5-6-9(11(2,3)4)14(10)13-8/h5-8H,1-4H3;2*5-7H,1-4H3. The third-order valence-electron chi connectivity index (χ3n) is 6.94. The van der Waals surface area contributed by atoms with Crippen molar-refractivity contribution in [1.82, 2.24) is 38.8 Å². The van der Waals surface area contributed by atoms with Crippen molar-refractivity contribution in [3.63, 3.8) is 0 Å². The lowest BCUT2D eigenvalue weighted by molar-refractivity contribution is 0.548. The summed E-state index contributed by atoms with van der Waals surface area (Å²) in [6, 6.07) is 16.6. The van der Waals surface area contributed by atoms with Gasteiger partial charge in [-0.25, -0.2) is 23.5 Å². The molecule has 6 aromatic rings. The molecule has 8 heteroatoms. The molecule has 6 aromatic heterocycles. The summed E-state index contributed by atoms with van der Waals surface area (Å²) in [5.74, 6) is 1.64. The number of aromatic nitrogens is 8. The van der Waals surface area contributed by atoms with Crippen LogP contribution in [0.3, 0.4) is 0 Å². The van der Waals surface area contributed by atoms with Crippen LogP contribution in [0.25, 0.3) is 16.8 Å². The van der Waals surface area contributed by atoms with Crippen molar-refractivity contribution in [3.05, 3.63) is 95.1 Å². The number of nitrogens with zero attached hydrogens (tertiary/aromatic N) is 8. The minimum Gasteiger partial charge on any atom is -0.240 e. The normalized spacial score (nSPS) is 12.3. The molecule has 0 aromatic carbocycles. The Morgan fingerprint density at radius 2 is 1.17 bits per heavy atom. The first-order valence-corrected chi connectivity index (χ1v) is 14.6. The van der Waals surface area contributed by atoms with Gasteiger partial charge < -0.3 is 0 Å². The molecule has 0 aliphatic rings. The lowest BCUT2D eigenvalue weighted by Gasteiger charge is -2.19. The van der Waals surface area contributed by atoms with Crippen LogP contribution in [-0.4, -0.2) is 38.8 Å². The van der Waals surface area contributed by atoms with E-state index in [1.165, 1.54) is 22.3 Å². The van der Waals surface area contributed by atoms with Gasteiger partial charge in [-0.05, 0) is 67.5 Å². The SMILES string of the molecule is Cc1cc2c(C(C)(C)C)cccn2n1.Cc1nc2c(C(C)(C)C)cccn2n1.Cc1nc2cccc(C(C)(C)C)n2n1. The fourth-order valence-corrected chi connectivity index (χ4v) is 4.95. The molecule has 6 rings (SSSR count). The molecule has 0 amide bonds. The topological polar surface area (TPSA) is 77.7 Å². The molecule has 0 saturated heterocycles. The van der Waals surface area contributed by atoms with Crippen molar-refractivity contribution >= 4 is 16.8 Å². The predicted octanol–water partition coefficient (Wildman–Crippen LogP) is 7.61. The molecule has 0 bridgehead atoms. The largest absolute Gasteiger partial charge is 0.240 e. The highest BCUT2D eigenvalue weighted by Crippen LogP contribution is 2.27. The predicted molar refractivity (Wildman–Crippen MR) is 171 cm³/mol. The second-order valence-electron chi connectivity index (χ2n) is 14.0. The fraction of sp³-hybridized carbons (Fsp3) is 0.441. The van der Waals surface area contributed by atoms with Crippen molar-refractivity contribution in [2.75, 3.05) is 0 Å². The fourth-order valence-electron chi connectivity index (χ4n) is 4.95. The third kappa shape index (κ3) is 6.86. The van der Waals surface area contributed by atoms with Crippen LogP contribution in [0.4, 0.5) is 0 Å². The van der Waals surface area contributed by atoms with Crippen molar-refractivity contribution < 1.29 is 0 Å². The summed E-state index contributed by atoms with van der Waals surface area (Å²) in [6.07, 6.45) is 3.93. The monoisotopic (exact) mass is 566 g/mol. The maximum Gasteiger partial charge on any atom is 0.159 e. The zero-order valence-electron chi connectivity index (χ0n) is 27.4. The molecule has 0 saturated carbocycles. The molecule has 8 nitrogen and oxygen atoms in total. The van der Waals surface area contributed by atoms with Gasteiger partial charge in [0.2, 0.25) is 0 Å². The number of aryl methyl sites for hydroxylation is 3. The number of rotatable bonds is 0. The first kappa shape index (κ1) is 30.9. The van der Waals surface area contributed by atoms with Gasteiger partial charge in [0.25, 0.3) is 0 Å². The van der Waals surface area contributed by atoms with Gasteiger partial charge in [-0.15, -0.1) is 0 Å². The summed E-state index contributed by atoms with van der Waals surface area (Å²) in [6.45, 7) is 25.6. The van der Waals surface area contributed by atoms with Crippen LogP contribution >= 0.6 is 0 Å². The highest BCUT2D eigenvalue weighted by atomic mass is 15.3. The van der Waals surface area contributed by atoms with Crippen molar-refractivity contribution in [2.45, 2.75) is 99.3 Å². The van der Waals surface area contributed by atoms with E-state index in [0.29, 0.717) is 0 Å². The van der Waals surface area contributed by atoms with Crippen LogP contribution in [0, 0.1) is 20.8 Å². The molecule has 6 heterocycles. The Hall–Kier alpha value is -4.07. The summed E-state index contributed by atoms with van der Waals surface area (Å²) < 4.78 is 5.72. The Morgan fingerprint density at radius 3 is 1.79 bits per heavy atom. The Labute approximate surface area is 249 Å². The first-order chi connectivity index (χ1) is 19.4. The molecule has 0 aliphatic carbocycles. The van der Waals surface area contributed by atoms with Gasteiger partial charge in [0.1, 0.15) is 11.6 Å². The summed E-state index contributed by atoms with van der Waals surface area (Å²) in [5, 5.41) is 13.1. The van der Waals surface area contributed by atoms with E-state index in [0.717, 1.165) is 28.6 Å². The van der Waals surface area contributed by atoms with Gasteiger partial charge in [0.05, 0.1) is 11.2 Å². The minimum atomic E-state index is 0.0969. The average molecular weight is 567 g/mol. The second kappa shape index (κ2) is 11.3. The van der Waals surface area contributed by atoms with Crippen molar-refractivity contribution in [2.24, 2.45) is 0 Å². The summed E-state index contributed by atoms with van der Waals surface area (Å²) in [7, 11) is 0. The van der Waals surface area contributed by atoms with E-state index >= 15 is 0 Å². The van der Waals surface area contributed by atoms with E-state index in [2.05, 4.69) is 118 Å². The van der Waals surface area contributed by atoms with Crippen LogP contribution in [-0.2, 0) is 16.2 Å². The molecule has 0 atom stereocenters. The molecular weight excluding hydrogens is 520 g/mol.